The van der Waals surface area contributed by atoms with Gasteiger partial charge in [0.1, 0.15) is 5.75 Å². The van der Waals surface area contributed by atoms with E-state index in [1.165, 1.54) is 24.1 Å². The van der Waals surface area contributed by atoms with Gasteiger partial charge in [-0.1, -0.05) is 19.1 Å². The number of rotatable bonds is 5. The van der Waals surface area contributed by atoms with Crippen LogP contribution in [-0.2, 0) is 12.8 Å². The zero-order valence-corrected chi connectivity index (χ0v) is 13.1. The van der Waals surface area contributed by atoms with Gasteiger partial charge in [0.2, 0.25) is 0 Å². The fourth-order valence-corrected chi connectivity index (χ4v) is 3.53. The highest BCUT2D eigenvalue weighted by Crippen LogP contribution is 2.30. The molecule has 1 aromatic rings. The maximum absolute atomic E-state index is 10.8. The van der Waals surface area contributed by atoms with E-state index in [-0.39, 0.29) is 0 Å². The summed E-state index contributed by atoms with van der Waals surface area (Å²) in [5, 5.41) is 10.8. The van der Waals surface area contributed by atoms with E-state index in [0.717, 1.165) is 57.6 Å². The van der Waals surface area contributed by atoms with Crippen LogP contribution in [0, 0.1) is 0 Å². The molecule has 2 heterocycles. The summed E-state index contributed by atoms with van der Waals surface area (Å²) >= 11 is 0. The summed E-state index contributed by atoms with van der Waals surface area (Å²) in [4.78, 5) is 2.47. The molecular weight excluding hydrogens is 262 g/mol. The number of fused-ring (bicyclic) bond motifs is 1. The first-order chi connectivity index (χ1) is 10.2. The first-order valence-corrected chi connectivity index (χ1v) is 8.38. The molecule has 0 amide bonds. The normalized spacial score (nSPS) is 21.0. The van der Waals surface area contributed by atoms with E-state index in [0.29, 0.717) is 0 Å². The van der Waals surface area contributed by atoms with E-state index in [4.69, 9.17) is 4.74 Å². The van der Waals surface area contributed by atoms with Gasteiger partial charge in [-0.05, 0) is 55.8 Å². The zero-order valence-electron chi connectivity index (χ0n) is 13.1. The molecule has 21 heavy (non-hydrogen) atoms. The molecule has 0 radical (unpaired) electrons. The Morgan fingerprint density at radius 3 is 2.86 bits per heavy atom. The van der Waals surface area contributed by atoms with Crippen LogP contribution in [0.4, 0.5) is 0 Å². The number of nitrogens with zero attached hydrogens (tertiary/aromatic N) is 1. The van der Waals surface area contributed by atoms with Gasteiger partial charge in [-0.3, -0.25) is 0 Å². The molecule has 0 unspecified atom stereocenters. The minimum atomic E-state index is -0.459. The molecule has 0 atom stereocenters. The lowest BCUT2D eigenvalue weighted by molar-refractivity contribution is -0.0271. The van der Waals surface area contributed by atoms with E-state index in [1.54, 1.807) is 0 Å². The topological polar surface area (TPSA) is 32.7 Å². The molecule has 3 nitrogen and oxygen atoms in total. The Balaban J connectivity index is 1.53. The molecular formula is C18H27NO2. The summed E-state index contributed by atoms with van der Waals surface area (Å²) in [6, 6.07) is 6.50. The van der Waals surface area contributed by atoms with Crippen molar-refractivity contribution < 1.29 is 9.84 Å². The molecule has 2 aliphatic rings. The van der Waals surface area contributed by atoms with Crippen molar-refractivity contribution in [2.75, 3.05) is 26.2 Å². The van der Waals surface area contributed by atoms with Crippen molar-refractivity contribution >= 4 is 0 Å². The van der Waals surface area contributed by atoms with Gasteiger partial charge < -0.3 is 14.7 Å². The summed E-state index contributed by atoms with van der Waals surface area (Å²) in [6.45, 7) is 6.29. The molecule has 0 spiro atoms. The Morgan fingerprint density at radius 2 is 2.10 bits per heavy atom. The third-order valence-electron chi connectivity index (χ3n) is 4.96. The molecule has 0 saturated carbocycles. The molecule has 0 aliphatic carbocycles. The van der Waals surface area contributed by atoms with Crippen LogP contribution < -0.4 is 4.74 Å². The predicted molar refractivity (Wildman–Crippen MR) is 84.9 cm³/mol. The zero-order chi connectivity index (χ0) is 14.7. The molecule has 116 valence electrons. The van der Waals surface area contributed by atoms with Gasteiger partial charge in [-0.15, -0.1) is 0 Å². The molecule has 1 fully saturated rings. The highest BCUT2D eigenvalue weighted by atomic mass is 16.5. The Morgan fingerprint density at radius 1 is 1.29 bits per heavy atom. The number of likely N-dealkylation sites (tertiary alicyclic amines) is 1. The van der Waals surface area contributed by atoms with Crippen LogP contribution in [-0.4, -0.2) is 41.8 Å². The molecule has 0 aromatic heterocycles. The standard InChI is InChI=1S/C18H27NO2/c1-2-10-19-11-8-18(20,9-12-19)7-5-15-3-4-17-16(14-15)6-13-21-17/h3-4,14,20H,2,5-13H2,1H3. The Kier molecular flexibility index (Phi) is 4.51. The maximum Gasteiger partial charge on any atom is 0.122 e. The predicted octanol–water partition coefficient (Wildman–Crippen LogP) is 2.79. The van der Waals surface area contributed by atoms with Crippen LogP contribution in [0.3, 0.4) is 0 Å². The van der Waals surface area contributed by atoms with E-state index >= 15 is 0 Å². The number of ether oxygens (including phenoxy) is 1. The van der Waals surface area contributed by atoms with Gasteiger partial charge >= 0.3 is 0 Å². The average Bonchev–Trinajstić information content (AvgIpc) is 2.96. The minimum Gasteiger partial charge on any atom is -0.493 e. The second-order valence-corrected chi connectivity index (χ2v) is 6.61. The van der Waals surface area contributed by atoms with E-state index in [2.05, 4.69) is 30.0 Å². The fraction of sp³-hybridized carbons (Fsp3) is 0.667. The number of benzene rings is 1. The number of hydrogen-bond acceptors (Lipinski definition) is 3. The molecule has 2 aliphatic heterocycles. The second kappa shape index (κ2) is 6.37. The van der Waals surface area contributed by atoms with Crippen molar-refractivity contribution in [1.29, 1.82) is 0 Å². The lowest BCUT2D eigenvalue weighted by Gasteiger charge is -2.38. The van der Waals surface area contributed by atoms with Crippen molar-refractivity contribution in [2.24, 2.45) is 0 Å². The lowest BCUT2D eigenvalue weighted by Crippen LogP contribution is -2.44. The highest BCUT2D eigenvalue weighted by Gasteiger charge is 2.31. The average molecular weight is 289 g/mol. The Labute approximate surface area is 127 Å². The van der Waals surface area contributed by atoms with E-state index < -0.39 is 5.60 Å². The highest BCUT2D eigenvalue weighted by molar-refractivity contribution is 5.39. The Bertz CT molecular complexity index is 478. The van der Waals surface area contributed by atoms with Crippen LogP contribution in [0.1, 0.15) is 43.7 Å². The van der Waals surface area contributed by atoms with Crippen LogP contribution in [0.15, 0.2) is 18.2 Å². The van der Waals surface area contributed by atoms with Crippen LogP contribution in [0.5, 0.6) is 5.75 Å². The molecule has 1 N–H and O–H groups in total. The molecule has 3 rings (SSSR count). The first kappa shape index (κ1) is 14.9. The summed E-state index contributed by atoms with van der Waals surface area (Å²) in [5.41, 5.74) is 2.21. The number of aryl methyl sites for hydroxylation is 1. The largest absolute Gasteiger partial charge is 0.493 e. The summed E-state index contributed by atoms with van der Waals surface area (Å²) < 4.78 is 5.55. The summed E-state index contributed by atoms with van der Waals surface area (Å²) in [6.07, 6.45) is 5.92. The number of piperidine rings is 1. The molecule has 1 aromatic carbocycles. The van der Waals surface area contributed by atoms with Crippen LogP contribution in [0.2, 0.25) is 0 Å². The third-order valence-corrected chi connectivity index (χ3v) is 4.96. The van der Waals surface area contributed by atoms with Gasteiger partial charge in [0, 0.05) is 19.5 Å². The SMILES string of the molecule is CCCN1CCC(O)(CCc2ccc3c(c2)CCO3)CC1. The van der Waals surface area contributed by atoms with Crippen LogP contribution in [0.25, 0.3) is 0 Å². The Hall–Kier alpha value is -1.06. The smallest absolute Gasteiger partial charge is 0.122 e. The fourth-order valence-electron chi connectivity index (χ4n) is 3.53. The van der Waals surface area contributed by atoms with Crippen molar-refractivity contribution in [3.8, 4) is 5.75 Å². The van der Waals surface area contributed by atoms with Gasteiger partial charge in [0.25, 0.3) is 0 Å². The van der Waals surface area contributed by atoms with E-state index in [9.17, 15) is 5.11 Å². The van der Waals surface area contributed by atoms with Gasteiger partial charge in [-0.25, -0.2) is 0 Å². The summed E-state index contributed by atoms with van der Waals surface area (Å²) in [7, 11) is 0. The van der Waals surface area contributed by atoms with Crippen molar-refractivity contribution in [3.05, 3.63) is 29.3 Å². The van der Waals surface area contributed by atoms with Crippen LogP contribution >= 0.6 is 0 Å². The molecule has 1 saturated heterocycles. The van der Waals surface area contributed by atoms with Gasteiger partial charge in [-0.2, -0.15) is 0 Å². The first-order valence-electron chi connectivity index (χ1n) is 8.38. The monoisotopic (exact) mass is 289 g/mol. The van der Waals surface area contributed by atoms with Crippen molar-refractivity contribution in [2.45, 2.75) is 51.0 Å². The van der Waals surface area contributed by atoms with Crippen molar-refractivity contribution in [3.63, 3.8) is 0 Å². The van der Waals surface area contributed by atoms with Crippen molar-refractivity contribution in [1.82, 2.24) is 4.90 Å². The summed E-state index contributed by atoms with van der Waals surface area (Å²) in [5.74, 6) is 1.05. The van der Waals surface area contributed by atoms with E-state index in [1.807, 2.05) is 0 Å². The molecule has 0 bridgehead atoms. The number of aliphatic hydroxyl groups is 1. The third kappa shape index (κ3) is 3.58. The minimum absolute atomic E-state index is 0.459. The van der Waals surface area contributed by atoms with Gasteiger partial charge in [0.05, 0.1) is 12.2 Å². The lowest BCUT2D eigenvalue weighted by atomic mass is 9.85. The molecule has 3 heteroatoms. The number of hydrogen-bond donors (Lipinski definition) is 1. The second-order valence-electron chi connectivity index (χ2n) is 6.61. The van der Waals surface area contributed by atoms with Gasteiger partial charge in [0.15, 0.2) is 0 Å². The maximum atomic E-state index is 10.8. The quantitative estimate of drug-likeness (QED) is 0.905.